The Bertz CT molecular complexity index is 1060. The van der Waals surface area contributed by atoms with Gasteiger partial charge in [0, 0.05) is 6.42 Å². The van der Waals surface area contributed by atoms with Gasteiger partial charge in [-0.15, -0.1) is 11.8 Å². The average molecular weight is 533 g/mol. The van der Waals surface area contributed by atoms with Crippen LogP contribution in [0.5, 0.6) is 5.75 Å². The van der Waals surface area contributed by atoms with Crippen molar-refractivity contribution in [1.82, 2.24) is 5.32 Å². The first kappa shape index (κ1) is 28.9. The van der Waals surface area contributed by atoms with E-state index in [2.05, 4.69) is 5.32 Å². The minimum Gasteiger partial charge on any atom is -0.494 e. The van der Waals surface area contributed by atoms with Crippen LogP contribution in [0.3, 0.4) is 0 Å². The first-order chi connectivity index (χ1) is 17.6. The van der Waals surface area contributed by atoms with Gasteiger partial charge in [-0.25, -0.2) is 0 Å². The number of nitrogens with two attached hydrogens (primary N) is 1. The van der Waals surface area contributed by atoms with E-state index in [0.29, 0.717) is 25.2 Å². The van der Waals surface area contributed by atoms with Crippen molar-refractivity contribution in [1.29, 1.82) is 0 Å². The van der Waals surface area contributed by atoms with Crippen molar-refractivity contribution in [2.45, 2.75) is 69.0 Å². The average Bonchev–Trinajstić information content (AvgIpc) is 2.87. The normalized spacial score (nSPS) is 24.3. The number of thioether (sulfide) groups is 1. The van der Waals surface area contributed by atoms with E-state index in [4.69, 9.17) is 15.2 Å². The Labute approximate surface area is 221 Å². The molecule has 202 valence electrons. The molecule has 0 saturated carbocycles. The highest BCUT2D eigenvalue weighted by Gasteiger charge is 2.44. The molecule has 9 nitrogen and oxygen atoms in total. The largest absolute Gasteiger partial charge is 0.494 e. The molecule has 1 unspecified atom stereocenters. The molecule has 6 atom stereocenters. The number of rotatable bonds is 11. The fraction of sp³-hybridized carbons (Fsp3) is 0.481. The molecule has 1 fully saturated rings. The van der Waals surface area contributed by atoms with Crippen molar-refractivity contribution in [3.8, 4) is 5.75 Å². The summed E-state index contributed by atoms with van der Waals surface area (Å²) < 4.78 is 11.6. The second-order valence-corrected chi connectivity index (χ2v) is 10.2. The molecule has 0 aliphatic carbocycles. The number of benzene rings is 2. The van der Waals surface area contributed by atoms with Gasteiger partial charge >= 0.3 is 0 Å². The van der Waals surface area contributed by atoms with E-state index in [0.717, 1.165) is 22.3 Å². The summed E-state index contributed by atoms with van der Waals surface area (Å²) in [5, 5.41) is 33.5. The SMILES string of the molecule is CS[C@H]1O[C@@H](c2ccc(C)c(Cc3ccc(OCCCC(=O)NC(C)C(N)=O)cc3)c2)[C@H](O)[C@@H](O)[C@@H]1O. The topological polar surface area (TPSA) is 151 Å². The number of carbonyl (C=O) groups is 2. The van der Waals surface area contributed by atoms with Crippen molar-refractivity contribution in [3.63, 3.8) is 0 Å². The van der Waals surface area contributed by atoms with Crippen LogP contribution in [-0.4, -0.2) is 69.8 Å². The summed E-state index contributed by atoms with van der Waals surface area (Å²) in [7, 11) is 0. The number of hydrogen-bond acceptors (Lipinski definition) is 8. The number of hydrogen-bond donors (Lipinski definition) is 5. The predicted molar refractivity (Wildman–Crippen MR) is 141 cm³/mol. The molecule has 1 heterocycles. The molecule has 0 radical (unpaired) electrons. The number of nitrogens with one attached hydrogen (secondary N) is 1. The van der Waals surface area contributed by atoms with Gasteiger partial charge in [-0.3, -0.25) is 9.59 Å². The van der Waals surface area contributed by atoms with Gasteiger partial charge in [0.2, 0.25) is 11.8 Å². The molecule has 2 amide bonds. The number of aliphatic hydroxyl groups is 3. The Morgan fingerprint density at radius 3 is 2.46 bits per heavy atom. The lowest BCUT2D eigenvalue weighted by atomic mass is 9.91. The number of aliphatic hydroxyl groups excluding tert-OH is 3. The van der Waals surface area contributed by atoms with Gasteiger partial charge < -0.3 is 35.8 Å². The van der Waals surface area contributed by atoms with Crippen LogP contribution in [0.15, 0.2) is 42.5 Å². The third kappa shape index (κ3) is 7.68. The van der Waals surface area contributed by atoms with Gasteiger partial charge in [0.15, 0.2) is 0 Å². The Morgan fingerprint density at radius 2 is 1.81 bits per heavy atom. The quantitative estimate of drug-likeness (QED) is 0.274. The van der Waals surface area contributed by atoms with Crippen LogP contribution in [0.25, 0.3) is 0 Å². The first-order valence-corrected chi connectivity index (χ1v) is 13.5. The molecule has 37 heavy (non-hydrogen) atoms. The molecule has 3 rings (SSSR count). The molecule has 1 saturated heterocycles. The molecular formula is C27H36N2O7S. The van der Waals surface area contributed by atoms with E-state index >= 15 is 0 Å². The minimum atomic E-state index is -1.29. The summed E-state index contributed by atoms with van der Waals surface area (Å²) in [6.45, 7) is 3.91. The molecule has 0 bridgehead atoms. The second kappa shape index (κ2) is 13.3. The molecule has 0 spiro atoms. The van der Waals surface area contributed by atoms with E-state index < -0.39 is 41.8 Å². The zero-order valence-electron chi connectivity index (χ0n) is 21.3. The highest BCUT2D eigenvalue weighted by atomic mass is 32.2. The smallest absolute Gasteiger partial charge is 0.239 e. The third-order valence-corrected chi connectivity index (χ3v) is 7.30. The maximum absolute atomic E-state index is 11.8. The summed E-state index contributed by atoms with van der Waals surface area (Å²) in [5.41, 5.74) is 8.45. The van der Waals surface area contributed by atoms with Crippen LogP contribution in [0.4, 0.5) is 0 Å². The number of carbonyl (C=O) groups excluding carboxylic acids is 2. The van der Waals surface area contributed by atoms with Crippen LogP contribution in [0, 0.1) is 6.92 Å². The number of primary amides is 1. The lowest BCUT2D eigenvalue weighted by Crippen LogP contribution is -2.52. The molecule has 10 heteroatoms. The van der Waals surface area contributed by atoms with Crippen LogP contribution in [0.2, 0.25) is 0 Å². The van der Waals surface area contributed by atoms with Crippen LogP contribution < -0.4 is 15.8 Å². The highest BCUT2D eigenvalue weighted by Crippen LogP contribution is 2.36. The Balaban J connectivity index is 1.56. The predicted octanol–water partition coefficient (Wildman–Crippen LogP) is 1.58. The standard InChI is InChI=1S/C27H36N2O7S/c1-15-6-9-18(25-23(32)22(31)24(33)27(36-25)37-3)14-19(15)13-17-7-10-20(11-8-17)35-12-4-5-21(30)29-16(2)26(28)34/h6-11,14,16,22-25,27,31-33H,4-5,12-13H2,1-3H3,(H2,28,34)(H,29,30)/t16?,22-,23-,24+,25+,27-/m1/s1. The molecule has 1 aliphatic heterocycles. The van der Waals surface area contributed by atoms with Gasteiger partial charge in [0.25, 0.3) is 0 Å². The van der Waals surface area contributed by atoms with Crippen molar-refractivity contribution in [3.05, 3.63) is 64.7 Å². The molecule has 0 aromatic heterocycles. The van der Waals surface area contributed by atoms with Crippen molar-refractivity contribution < 1.29 is 34.4 Å². The maximum atomic E-state index is 11.8. The number of aryl methyl sites for hydroxylation is 1. The second-order valence-electron chi connectivity index (χ2n) is 9.28. The van der Waals surface area contributed by atoms with E-state index in [-0.39, 0.29) is 12.3 Å². The van der Waals surface area contributed by atoms with Gasteiger partial charge in [-0.1, -0.05) is 30.3 Å². The monoisotopic (exact) mass is 532 g/mol. The van der Waals surface area contributed by atoms with Gasteiger partial charge in [-0.05, 0) is 67.3 Å². The molecular weight excluding hydrogens is 496 g/mol. The lowest BCUT2D eigenvalue weighted by molar-refractivity contribution is -0.200. The van der Waals surface area contributed by atoms with Crippen LogP contribution in [-0.2, 0) is 20.7 Å². The van der Waals surface area contributed by atoms with E-state index in [1.165, 1.54) is 11.8 Å². The fourth-order valence-electron chi connectivity index (χ4n) is 4.11. The van der Waals surface area contributed by atoms with Crippen molar-refractivity contribution in [2.75, 3.05) is 12.9 Å². The maximum Gasteiger partial charge on any atom is 0.239 e. The Kier molecular flexibility index (Phi) is 10.4. The minimum absolute atomic E-state index is 0.235. The van der Waals surface area contributed by atoms with Gasteiger partial charge in [-0.2, -0.15) is 0 Å². The van der Waals surface area contributed by atoms with Crippen LogP contribution in [0.1, 0.15) is 48.1 Å². The fourth-order valence-corrected chi connectivity index (χ4v) is 4.78. The van der Waals surface area contributed by atoms with E-state index in [9.17, 15) is 24.9 Å². The summed E-state index contributed by atoms with van der Waals surface area (Å²) in [5.74, 6) is -0.132. The van der Waals surface area contributed by atoms with Gasteiger partial charge in [0.1, 0.15) is 41.6 Å². The van der Waals surface area contributed by atoms with E-state index in [1.54, 1.807) is 13.2 Å². The molecule has 1 aliphatic rings. The molecule has 2 aromatic rings. The zero-order valence-corrected chi connectivity index (χ0v) is 22.1. The van der Waals surface area contributed by atoms with Gasteiger partial charge in [0.05, 0.1) is 6.61 Å². The molecule has 2 aromatic carbocycles. The lowest BCUT2D eigenvalue weighted by Gasteiger charge is -2.40. The highest BCUT2D eigenvalue weighted by molar-refractivity contribution is 7.99. The van der Waals surface area contributed by atoms with Crippen molar-refractivity contribution in [2.24, 2.45) is 5.73 Å². The number of amides is 2. The third-order valence-electron chi connectivity index (χ3n) is 6.44. The summed E-state index contributed by atoms with van der Waals surface area (Å²) in [6, 6.07) is 12.8. The summed E-state index contributed by atoms with van der Waals surface area (Å²) in [6.07, 6.45) is -1.25. The van der Waals surface area contributed by atoms with Crippen LogP contribution >= 0.6 is 11.8 Å². The Hall–Kier alpha value is -2.63. The number of ether oxygens (including phenoxy) is 2. The summed E-state index contributed by atoms with van der Waals surface area (Å²) >= 11 is 1.29. The van der Waals surface area contributed by atoms with Crippen molar-refractivity contribution >= 4 is 23.6 Å². The van der Waals surface area contributed by atoms with E-state index in [1.807, 2.05) is 49.4 Å². The zero-order chi connectivity index (χ0) is 27.1. The first-order valence-electron chi connectivity index (χ1n) is 12.2. The summed E-state index contributed by atoms with van der Waals surface area (Å²) in [4.78, 5) is 22.8. The molecule has 6 N–H and O–H groups in total. The Morgan fingerprint density at radius 1 is 1.11 bits per heavy atom.